The van der Waals surface area contributed by atoms with Crippen molar-refractivity contribution in [1.82, 2.24) is 10.2 Å². The lowest BCUT2D eigenvalue weighted by Gasteiger charge is -2.19. The van der Waals surface area contributed by atoms with Gasteiger partial charge in [-0.25, -0.2) is 0 Å². The molecule has 0 unspecified atom stereocenters. The third-order valence-electron chi connectivity index (χ3n) is 3.88. The molecule has 0 radical (unpaired) electrons. The van der Waals surface area contributed by atoms with Gasteiger partial charge in [-0.15, -0.1) is 0 Å². The second-order valence-corrected chi connectivity index (χ2v) is 6.70. The molecule has 0 heterocycles. The maximum absolute atomic E-state index is 12.3. The van der Waals surface area contributed by atoms with E-state index in [1.54, 1.807) is 6.08 Å². The van der Waals surface area contributed by atoms with E-state index in [0.717, 1.165) is 16.9 Å². The summed E-state index contributed by atoms with van der Waals surface area (Å²) < 4.78 is 5.47. The Bertz CT molecular complexity index is 731. The van der Waals surface area contributed by atoms with Crippen LogP contribution in [0, 0.1) is 0 Å². The normalized spacial score (nSPS) is 11.8. The van der Waals surface area contributed by atoms with Crippen molar-refractivity contribution in [2.45, 2.75) is 19.5 Å². The Morgan fingerprint density at radius 2 is 2.04 bits per heavy atom. The molecule has 0 saturated carbocycles. The van der Waals surface area contributed by atoms with Crippen molar-refractivity contribution >= 4 is 17.5 Å². The Morgan fingerprint density at radius 3 is 2.69 bits per heavy atom. The van der Waals surface area contributed by atoms with Crippen molar-refractivity contribution in [3.63, 3.8) is 0 Å². The van der Waals surface area contributed by atoms with Crippen LogP contribution in [0.3, 0.4) is 0 Å². The van der Waals surface area contributed by atoms with Gasteiger partial charge in [-0.05, 0) is 49.4 Å². The Balaban J connectivity index is 1.82. The molecule has 138 valence electrons. The number of hydrogen-bond donors (Lipinski definition) is 1. The summed E-state index contributed by atoms with van der Waals surface area (Å²) in [5.41, 5.74) is 2.11. The zero-order valence-corrected chi connectivity index (χ0v) is 16.0. The van der Waals surface area contributed by atoms with Crippen molar-refractivity contribution in [1.29, 1.82) is 0 Å². The van der Waals surface area contributed by atoms with E-state index in [0.29, 0.717) is 24.7 Å². The van der Waals surface area contributed by atoms with E-state index >= 15 is 0 Å². The van der Waals surface area contributed by atoms with Gasteiger partial charge in [0.25, 0.3) is 0 Å². The highest BCUT2D eigenvalue weighted by Gasteiger charge is 2.12. The van der Waals surface area contributed by atoms with E-state index in [9.17, 15) is 4.79 Å². The lowest BCUT2D eigenvalue weighted by Crippen LogP contribution is -2.36. The molecule has 0 aromatic heterocycles. The highest BCUT2D eigenvalue weighted by Crippen LogP contribution is 2.17. The standard InChI is InChI=1S/C21H25ClN2O2/c1-4-12-26-20-10-8-17(9-11-20)14-24(3)15-21(25)23-16(2)18-6-5-7-19(22)13-18/h4-11,13,16H,1,12,14-15H2,2-3H3,(H,23,25)/t16-/m0/s1. The molecule has 0 saturated heterocycles. The predicted octanol–water partition coefficient (Wildman–Crippen LogP) is 4.21. The summed E-state index contributed by atoms with van der Waals surface area (Å²) in [6.45, 7) is 7.07. The topological polar surface area (TPSA) is 41.6 Å². The number of rotatable bonds is 9. The molecule has 0 spiro atoms. The molecule has 1 atom stereocenters. The molecule has 0 bridgehead atoms. The quantitative estimate of drug-likeness (QED) is 0.670. The van der Waals surface area contributed by atoms with Gasteiger partial charge >= 0.3 is 0 Å². The summed E-state index contributed by atoms with van der Waals surface area (Å²) in [5.74, 6) is 0.787. The summed E-state index contributed by atoms with van der Waals surface area (Å²) in [6.07, 6.45) is 1.71. The molecule has 0 aliphatic heterocycles. The van der Waals surface area contributed by atoms with E-state index in [-0.39, 0.29) is 11.9 Å². The number of carbonyl (C=O) groups is 1. The van der Waals surface area contributed by atoms with Gasteiger partial charge < -0.3 is 10.1 Å². The first-order chi connectivity index (χ1) is 12.5. The first-order valence-electron chi connectivity index (χ1n) is 8.54. The van der Waals surface area contributed by atoms with Gasteiger partial charge in [0.1, 0.15) is 12.4 Å². The van der Waals surface area contributed by atoms with E-state index in [2.05, 4.69) is 11.9 Å². The molecule has 0 aliphatic rings. The zero-order valence-electron chi connectivity index (χ0n) is 15.2. The second-order valence-electron chi connectivity index (χ2n) is 6.26. The van der Waals surface area contributed by atoms with Crippen LogP contribution in [0.4, 0.5) is 0 Å². The van der Waals surface area contributed by atoms with Crippen LogP contribution in [0.2, 0.25) is 5.02 Å². The van der Waals surface area contributed by atoms with Crippen LogP contribution < -0.4 is 10.1 Å². The van der Waals surface area contributed by atoms with Crippen LogP contribution in [0.25, 0.3) is 0 Å². The number of benzene rings is 2. The van der Waals surface area contributed by atoms with E-state index in [1.807, 2.05) is 67.4 Å². The molecule has 1 amide bonds. The van der Waals surface area contributed by atoms with Gasteiger partial charge in [0.15, 0.2) is 0 Å². The number of amides is 1. The van der Waals surface area contributed by atoms with Gasteiger partial charge in [0.05, 0.1) is 12.6 Å². The number of nitrogens with one attached hydrogen (secondary N) is 1. The highest BCUT2D eigenvalue weighted by molar-refractivity contribution is 6.30. The molecule has 2 aromatic carbocycles. The highest BCUT2D eigenvalue weighted by atomic mass is 35.5. The minimum Gasteiger partial charge on any atom is -0.490 e. The maximum Gasteiger partial charge on any atom is 0.234 e. The lowest BCUT2D eigenvalue weighted by atomic mass is 10.1. The fraction of sp³-hybridized carbons (Fsp3) is 0.286. The Morgan fingerprint density at radius 1 is 1.31 bits per heavy atom. The van der Waals surface area contributed by atoms with Crippen LogP contribution in [0.15, 0.2) is 61.2 Å². The Kier molecular flexibility index (Phi) is 7.70. The minimum atomic E-state index is -0.0871. The van der Waals surface area contributed by atoms with Gasteiger partial charge in [0, 0.05) is 11.6 Å². The smallest absolute Gasteiger partial charge is 0.234 e. The summed E-state index contributed by atoms with van der Waals surface area (Å²) in [6, 6.07) is 15.3. The number of halogens is 1. The number of hydrogen-bond acceptors (Lipinski definition) is 3. The van der Waals surface area contributed by atoms with Crippen LogP contribution in [0.5, 0.6) is 5.75 Å². The van der Waals surface area contributed by atoms with Crippen molar-refractivity contribution in [2.24, 2.45) is 0 Å². The van der Waals surface area contributed by atoms with Crippen LogP contribution in [-0.2, 0) is 11.3 Å². The molecular formula is C21H25ClN2O2. The number of carbonyl (C=O) groups excluding carboxylic acids is 1. The van der Waals surface area contributed by atoms with Crippen molar-refractivity contribution in [3.05, 3.63) is 77.3 Å². The minimum absolute atomic E-state index is 0.0223. The van der Waals surface area contributed by atoms with E-state index in [1.165, 1.54) is 0 Å². The molecule has 1 N–H and O–H groups in total. The zero-order chi connectivity index (χ0) is 18.9. The summed E-state index contributed by atoms with van der Waals surface area (Å²) in [4.78, 5) is 14.2. The van der Waals surface area contributed by atoms with Crippen molar-refractivity contribution in [3.8, 4) is 5.75 Å². The van der Waals surface area contributed by atoms with Crippen LogP contribution in [0.1, 0.15) is 24.1 Å². The largest absolute Gasteiger partial charge is 0.490 e. The van der Waals surface area contributed by atoms with Crippen LogP contribution >= 0.6 is 11.6 Å². The van der Waals surface area contributed by atoms with E-state index < -0.39 is 0 Å². The first kappa shape index (κ1) is 20.0. The fourth-order valence-corrected chi connectivity index (χ4v) is 2.80. The molecule has 5 heteroatoms. The molecule has 2 aromatic rings. The second kappa shape index (κ2) is 10.00. The molecule has 26 heavy (non-hydrogen) atoms. The third kappa shape index (κ3) is 6.54. The number of ether oxygens (including phenoxy) is 1. The first-order valence-corrected chi connectivity index (χ1v) is 8.91. The molecular weight excluding hydrogens is 348 g/mol. The van der Waals surface area contributed by atoms with Crippen molar-refractivity contribution in [2.75, 3.05) is 20.2 Å². The number of likely N-dealkylation sites (N-methyl/N-ethyl adjacent to an activating group) is 1. The summed E-state index contributed by atoms with van der Waals surface area (Å²) >= 11 is 6.00. The maximum atomic E-state index is 12.3. The monoisotopic (exact) mass is 372 g/mol. The SMILES string of the molecule is C=CCOc1ccc(CN(C)CC(=O)N[C@@H](C)c2cccc(Cl)c2)cc1. The van der Waals surface area contributed by atoms with Crippen molar-refractivity contribution < 1.29 is 9.53 Å². The average molecular weight is 373 g/mol. The number of nitrogens with zero attached hydrogens (tertiary/aromatic N) is 1. The molecule has 0 aliphatic carbocycles. The average Bonchev–Trinajstić information content (AvgIpc) is 2.61. The van der Waals surface area contributed by atoms with Gasteiger partial charge in [0.2, 0.25) is 5.91 Å². The predicted molar refractivity (Wildman–Crippen MR) is 106 cm³/mol. The Hall–Kier alpha value is -2.30. The molecule has 2 rings (SSSR count). The Labute approximate surface area is 160 Å². The van der Waals surface area contributed by atoms with E-state index in [4.69, 9.17) is 16.3 Å². The lowest BCUT2D eigenvalue weighted by molar-refractivity contribution is -0.122. The summed E-state index contributed by atoms with van der Waals surface area (Å²) in [5, 5.41) is 3.67. The summed E-state index contributed by atoms with van der Waals surface area (Å²) in [7, 11) is 1.92. The van der Waals surface area contributed by atoms with Gasteiger partial charge in [-0.1, -0.05) is 48.5 Å². The molecule has 4 nitrogen and oxygen atoms in total. The van der Waals surface area contributed by atoms with Crippen LogP contribution in [-0.4, -0.2) is 31.0 Å². The third-order valence-corrected chi connectivity index (χ3v) is 4.12. The van der Waals surface area contributed by atoms with Gasteiger partial charge in [-0.3, -0.25) is 9.69 Å². The fourth-order valence-electron chi connectivity index (χ4n) is 2.61. The molecule has 0 fully saturated rings. The van der Waals surface area contributed by atoms with Gasteiger partial charge in [-0.2, -0.15) is 0 Å².